The van der Waals surface area contributed by atoms with Crippen LogP contribution in [0, 0.1) is 5.41 Å². The molecule has 1 rings (SSSR count). The van der Waals surface area contributed by atoms with Gasteiger partial charge >= 0.3 is 0 Å². The molecule has 1 aromatic rings. The van der Waals surface area contributed by atoms with Gasteiger partial charge in [0.1, 0.15) is 0 Å². The van der Waals surface area contributed by atoms with Gasteiger partial charge in [-0.2, -0.15) is 0 Å². The minimum Gasteiger partial charge on any atom is -0.316 e. The van der Waals surface area contributed by atoms with Crippen LogP contribution in [0.1, 0.15) is 38.5 Å². The molecule has 0 saturated carbocycles. The highest BCUT2D eigenvalue weighted by Crippen LogP contribution is 2.23. The lowest BCUT2D eigenvalue weighted by Gasteiger charge is -2.34. The van der Waals surface area contributed by atoms with E-state index in [9.17, 15) is 0 Å². The van der Waals surface area contributed by atoms with Crippen molar-refractivity contribution in [1.82, 2.24) is 10.2 Å². The van der Waals surface area contributed by atoms with Crippen molar-refractivity contribution in [2.75, 3.05) is 33.2 Å². The first-order valence-electron chi connectivity index (χ1n) is 7.51. The summed E-state index contributed by atoms with van der Waals surface area (Å²) in [7, 11) is 2.26. The van der Waals surface area contributed by atoms with Crippen molar-refractivity contribution in [3.05, 3.63) is 22.4 Å². The Bertz CT molecular complexity index is 323. The molecule has 0 radical (unpaired) electrons. The fourth-order valence-corrected chi connectivity index (χ4v) is 3.44. The number of thiophene rings is 1. The largest absolute Gasteiger partial charge is 0.316 e. The second kappa shape index (κ2) is 8.72. The lowest BCUT2D eigenvalue weighted by molar-refractivity contribution is 0.175. The molecule has 110 valence electrons. The highest BCUT2D eigenvalue weighted by atomic mass is 32.1. The molecule has 1 unspecified atom stereocenters. The van der Waals surface area contributed by atoms with Gasteiger partial charge < -0.3 is 10.2 Å². The Morgan fingerprint density at radius 2 is 2.16 bits per heavy atom. The van der Waals surface area contributed by atoms with Crippen LogP contribution < -0.4 is 5.32 Å². The van der Waals surface area contributed by atoms with Crippen LogP contribution in [0.4, 0.5) is 0 Å². The SMILES string of the molecule is CCCC(C)(CNCC)CN(C)CCc1cccs1. The summed E-state index contributed by atoms with van der Waals surface area (Å²) in [6.45, 7) is 11.4. The lowest BCUT2D eigenvalue weighted by Crippen LogP contribution is -2.41. The number of rotatable bonds is 10. The molecule has 2 nitrogen and oxygen atoms in total. The zero-order valence-electron chi connectivity index (χ0n) is 13.0. The van der Waals surface area contributed by atoms with E-state index >= 15 is 0 Å². The third kappa shape index (κ3) is 6.55. The first kappa shape index (κ1) is 16.7. The van der Waals surface area contributed by atoms with Crippen LogP contribution in [0.15, 0.2) is 17.5 Å². The van der Waals surface area contributed by atoms with Gasteiger partial charge in [-0.15, -0.1) is 11.3 Å². The summed E-state index contributed by atoms with van der Waals surface area (Å²) in [5.74, 6) is 0. The van der Waals surface area contributed by atoms with Crippen molar-refractivity contribution >= 4 is 11.3 Å². The third-order valence-electron chi connectivity index (χ3n) is 3.63. The maximum absolute atomic E-state index is 3.52. The van der Waals surface area contributed by atoms with Gasteiger partial charge in [0.05, 0.1) is 0 Å². The van der Waals surface area contributed by atoms with E-state index in [4.69, 9.17) is 0 Å². The Labute approximate surface area is 123 Å². The summed E-state index contributed by atoms with van der Waals surface area (Å²) >= 11 is 1.87. The molecule has 1 atom stereocenters. The van der Waals surface area contributed by atoms with Gasteiger partial charge in [-0.25, -0.2) is 0 Å². The van der Waals surface area contributed by atoms with E-state index in [0.29, 0.717) is 5.41 Å². The molecule has 0 aliphatic heterocycles. The van der Waals surface area contributed by atoms with Crippen LogP contribution in [0.5, 0.6) is 0 Å². The second-order valence-electron chi connectivity index (χ2n) is 5.91. The molecule has 19 heavy (non-hydrogen) atoms. The highest BCUT2D eigenvalue weighted by Gasteiger charge is 2.24. The van der Waals surface area contributed by atoms with Crippen molar-refractivity contribution in [2.45, 2.75) is 40.0 Å². The van der Waals surface area contributed by atoms with Crippen LogP contribution in [-0.4, -0.2) is 38.1 Å². The maximum atomic E-state index is 3.52. The number of nitrogens with one attached hydrogen (secondary N) is 1. The zero-order chi connectivity index (χ0) is 14.1. The van der Waals surface area contributed by atoms with Crippen LogP contribution in [-0.2, 0) is 6.42 Å². The molecule has 0 fully saturated rings. The van der Waals surface area contributed by atoms with E-state index in [1.165, 1.54) is 30.7 Å². The number of hydrogen-bond donors (Lipinski definition) is 1. The quantitative estimate of drug-likeness (QED) is 0.705. The summed E-state index contributed by atoms with van der Waals surface area (Å²) in [6, 6.07) is 4.38. The van der Waals surface area contributed by atoms with Crippen LogP contribution >= 0.6 is 11.3 Å². The van der Waals surface area contributed by atoms with Crippen LogP contribution in [0.25, 0.3) is 0 Å². The van der Waals surface area contributed by atoms with Crippen molar-refractivity contribution in [2.24, 2.45) is 5.41 Å². The number of nitrogens with zero attached hydrogens (tertiary/aromatic N) is 1. The number of likely N-dealkylation sites (N-methyl/N-ethyl adjacent to an activating group) is 1. The minimum atomic E-state index is 0.398. The van der Waals surface area contributed by atoms with Crippen molar-refractivity contribution in [1.29, 1.82) is 0 Å². The molecule has 0 aromatic carbocycles. The standard InChI is InChI=1S/C16H30N2S/c1-5-10-16(3,13-17-6-2)14-18(4)11-9-15-8-7-12-19-15/h7-8,12,17H,5-6,9-11,13-14H2,1-4H3. The summed E-state index contributed by atoms with van der Waals surface area (Å²) in [6.07, 6.45) is 3.74. The molecule has 0 aliphatic rings. The van der Waals surface area contributed by atoms with Gasteiger partial charge in [-0.3, -0.25) is 0 Å². The van der Waals surface area contributed by atoms with Gasteiger partial charge in [-0.1, -0.05) is 33.3 Å². The summed E-state index contributed by atoms with van der Waals surface area (Å²) in [4.78, 5) is 3.99. The van der Waals surface area contributed by atoms with Crippen LogP contribution in [0.2, 0.25) is 0 Å². The molecular formula is C16H30N2S. The molecule has 3 heteroatoms. The topological polar surface area (TPSA) is 15.3 Å². The predicted molar refractivity (Wildman–Crippen MR) is 87.1 cm³/mol. The predicted octanol–water partition coefficient (Wildman–Crippen LogP) is 3.64. The van der Waals surface area contributed by atoms with Gasteiger partial charge in [-0.05, 0) is 43.3 Å². The first-order chi connectivity index (χ1) is 9.09. The Kier molecular flexibility index (Phi) is 7.66. The van der Waals surface area contributed by atoms with Gasteiger partial charge in [0, 0.05) is 24.5 Å². The fraction of sp³-hybridized carbons (Fsp3) is 0.750. The molecule has 1 N–H and O–H groups in total. The van der Waals surface area contributed by atoms with Gasteiger partial charge in [0.15, 0.2) is 0 Å². The first-order valence-corrected chi connectivity index (χ1v) is 8.39. The van der Waals surface area contributed by atoms with E-state index in [2.05, 4.69) is 55.5 Å². The van der Waals surface area contributed by atoms with E-state index in [1.54, 1.807) is 0 Å². The number of hydrogen-bond acceptors (Lipinski definition) is 3. The average molecular weight is 282 g/mol. The summed E-state index contributed by atoms with van der Waals surface area (Å²) in [5, 5.41) is 5.69. The average Bonchev–Trinajstić information content (AvgIpc) is 2.87. The molecule has 1 heterocycles. The monoisotopic (exact) mass is 282 g/mol. The molecule has 1 aromatic heterocycles. The van der Waals surface area contributed by atoms with E-state index in [1.807, 2.05) is 11.3 Å². The molecule has 0 spiro atoms. The molecule has 0 saturated heterocycles. The van der Waals surface area contributed by atoms with E-state index in [-0.39, 0.29) is 0 Å². The van der Waals surface area contributed by atoms with Crippen molar-refractivity contribution in [3.63, 3.8) is 0 Å². The molecule has 0 bridgehead atoms. The molecular weight excluding hydrogens is 252 g/mol. The highest BCUT2D eigenvalue weighted by molar-refractivity contribution is 7.09. The smallest absolute Gasteiger partial charge is 0.00579 e. The fourth-order valence-electron chi connectivity index (χ4n) is 2.74. The Hall–Kier alpha value is -0.380. The Morgan fingerprint density at radius 3 is 2.74 bits per heavy atom. The second-order valence-corrected chi connectivity index (χ2v) is 6.94. The lowest BCUT2D eigenvalue weighted by atomic mass is 9.85. The Morgan fingerprint density at radius 1 is 1.37 bits per heavy atom. The maximum Gasteiger partial charge on any atom is 0.00579 e. The normalized spacial score (nSPS) is 14.8. The van der Waals surface area contributed by atoms with Crippen molar-refractivity contribution in [3.8, 4) is 0 Å². The van der Waals surface area contributed by atoms with Gasteiger partial charge in [0.2, 0.25) is 0 Å². The van der Waals surface area contributed by atoms with Gasteiger partial charge in [0.25, 0.3) is 0 Å². The van der Waals surface area contributed by atoms with Crippen molar-refractivity contribution < 1.29 is 0 Å². The zero-order valence-corrected chi connectivity index (χ0v) is 13.9. The summed E-state index contributed by atoms with van der Waals surface area (Å²) in [5.41, 5.74) is 0.398. The molecule has 0 aliphatic carbocycles. The van der Waals surface area contributed by atoms with E-state index < -0.39 is 0 Å². The third-order valence-corrected chi connectivity index (χ3v) is 4.56. The van der Waals surface area contributed by atoms with E-state index in [0.717, 1.165) is 19.6 Å². The molecule has 0 amide bonds. The van der Waals surface area contributed by atoms with Crippen LogP contribution in [0.3, 0.4) is 0 Å². The summed E-state index contributed by atoms with van der Waals surface area (Å²) < 4.78 is 0. The minimum absolute atomic E-state index is 0.398. The Balaban J connectivity index is 2.39.